The Morgan fingerprint density at radius 3 is 2.69 bits per heavy atom. The summed E-state index contributed by atoms with van der Waals surface area (Å²) in [6.07, 6.45) is 1.09. The number of carbonyl (C=O) groups excluding carboxylic acids is 3. The molecule has 2 N–H and O–H groups in total. The summed E-state index contributed by atoms with van der Waals surface area (Å²) in [5.74, 6) is -0.267. The van der Waals surface area contributed by atoms with E-state index in [2.05, 4.69) is 10.6 Å². The Kier molecular flexibility index (Phi) is 10.9. The molecule has 0 aromatic heterocycles. The lowest BCUT2D eigenvalue weighted by Crippen LogP contribution is -2.61. The minimum absolute atomic E-state index is 0.103. The van der Waals surface area contributed by atoms with Crippen LogP contribution >= 0.6 is 12.2 Å². The van der Waals surface area contributed by atoms with E-state index >= 15 is 0 Å². The van der Waals surface area contributed by atoms with Gasteiger partial charge in [-0.25, -0.2) is 0 Å². The summed E-state index contributed by atoms with van der Waals surface area (Å²) in [5, 5.41) is 5.62. The molecule has 9 nitrogen and oxygen atoms in total. The van der Waals surface area contributed by atoms with Crippen molar-refractivity contribution in [3.8, 4) is 5.75 Å². The van der Waals surface area contributed by atoms with Crippen LogP contribution in [0.4, 0.5) is 0 Å². The Morgan fingerprint density at radius 2 is 1.97 bits per heavy atom. The summed E-state index contributed by atoms with van der Waals surface area (Å²) in [6, 6.07) is 5.22. The quantitative estimate of drug-likeness (QED) is 0.267. The number of piperazine rings is 1. The van der Waals surface area contributed by atoms with Crippen molar-refractivity contribution < 1.29 is 28.6 Å². The van der Waals surface area contributed by atoms with Crippen LogP contribution in [-0.4, -0.2) is 73.9 Å². The Balaban J connectivity index is 1.88. The van der Waals surface area contributed by atoms with Crippen LogP contribution in [-0.2, 0) is 23.9 Å². The maximum Gasteiger partial charge on any atom is 0.308 e. The number of hydrogen-bond acceptors (Lipinski definition) is 7. The first-order valence-electron chi connectivity index (χ1n) is 11.8. The molecule has 1 fully saturated rings. The number of nitrogens with zero attached hydrogens (tertiary/aromatic N) is 1. The third-order valence-electron chi connectivity index (χ3n) is 5.88. The molecule has 194 valence electrons. The number of methoxy groups -OCH3 is 1. The molecule has 0 spiro atoms. The number of amides is 2. The standard InChI is InChI=1S/C25H37N3O6S/c1-17-7-8-18(2)20(15-17)33-12-6-9-25(3,4)23(31)27-24(35)28-11-10-26-22(30)19(28)16-21(29)34-14-13-32-5/h7-8,15,19H,6,9-14,16H2,1-5H3,(H,26,30)(H,27,31,35). The highest BCUT2D eigenvalue weighted by atomic mass is 32.1. The molecule has 1 heterocycles. The first-order chi connectivity index (χ1) is 16.5. The lowest BCUT2D eigenvalue weighted by Gasteiger charge is -2.37. The van der Waals surface area contributed by atoms with Crippen molar-refractivity contribution in [2.75, 3.05) is 40.0 Å². The first-order valence-corrected chi connectivity index (χ1v) is 12.2. The van der Waals surface area contributed by atoms with E-state index in [-0.39, 0.29) is 36.6 Å². The predicted molar refractivity (Wildman–Crippen MR) is 136 cm³/mol. The molecule has 1 atom stereocenters. The third kappa shape index (κ3) is 8.78. The smallest absolute Gasteiger partial charge is 0.308 e. The number of hydrogen-bond donors (Lipinski definition) is 2. The third-order valence-corrected chi connectivity index (χ3v) is 6.22. The topological polar surface area (TPSA) is 106 Å². The molecule has 1 saturated heterocycles. The van der Waals surface area contributed by atoms with Gasteiger partial charge in [-0.1, -0.05) is 26.0 Å². The average Bonchev–Trinajstić information content (AvgIpc) is 2.80. The number of thiocarbonyl (C=S) groups is 1. The van der Waals surface area contributed by atoms with Gasteiger partial charge in [0, 0.05) is 25.6 Å². The van der Waals surface area contributed by atoms with Crippen molar-refractivity contribution in [1.29, 1.82) is 0 Å². The summed E-state index contributed by atoms with van der Waals surface area (Å²) >= 11 is 5.45. The Bertz CT molecular complexity index is 920. The molecule has 0 bridgehead atoms. The monoisotopic (exact) mass is 507 g/mol. The van der Waals surface area contributed by atoms with Gasteiger partial charge in [0.05, 0.1) is 19.6 Å². The first kappa shape index (κ1) is 28.5. The van der Waals surface area contributed by atoms with Gasteiger partial charge in [0.1, 0.15) is 18.4 Å². The average molecular weight is 508 g/mol. The van der Waals surface area contributed by atoms with Gasteiger partial charge in [-0.3, -0.25) is 14.4 Å². The summed E-state index contributed by atoms with van der Waals surface area (Å²) in [7, 11) is 1.50. The van der Waals surface area contributed by atoms with E-state index in [0.717, 1.165) is 16.9 Å². The SMILES string of the molecule is COCCOC(=O)CC1C(=O)NCCN1C(=S)NC(=O)C(C)(C)CCCOc1cc(C)ccc1C. The second-order valence-corrected chi connectivity index (χ2v) is 9.67. The van der Waals surface area contributed by atoms with E-state index in [9.17, 15) is 14.4 Å². The number of rotatable bonds is 11. The minimum atomic E-state index is -0.847. The normalized spacial score (nSPS) is 15.9. The lowest BCUT2D eigenvalue weighted by molar-refractivity contribution is -0.148. The van der Waals surface area contributed by atoms with Crippen molar-refractivity contribution >= 4 is 35.1 Å². The molecule has 1 aromatic carbocycles. The Labute approximate surface area is 212 Å². The van der Waals surface area contributed by atoms with Crippen molar-refractivity contribution in [2.45, 2.75) is 53.0 Å². The van der Waals surface area contributed by atoms with Crippen LogP contribution in [0.2, 0.25) is 0 Å². The van der Waals surface area contributed by atoms with Crippen LogP contribution in [0.15, 0.2) is 18.2 Å². The molecular weight excluding hydrogens is 470 g/mol. The fraction of sp³-hybridized carbons (Fsp3) is 0.600. The van der Waals surface area contributed by atoms with E-state index in [0.29, 0.717) is 32.5 Å². The van der Waals surface area contributed by atoms with Crippen molar-refractivity contribution in [3.63, 3.8) is 0 Å². The number of ether oxygens (including phenoxy) is 3. The van der Waals surface area contributed by atoms with Crippen LogP contribution in [0.25, 0.3) is 0 Å². The van der Waals surface area contributed by atoms with Gasteiger partial charge >= 0.3 is 5.97 Å². The molecule has 35 heavy (non-hydrogen) atoms. The second kappa shape index (κ2) is 13.4. The zero-order valence-corrected chi connectivity index (χ0v) is 22.1. The fourth-order valence-electron chi connectivity index (χ4n) is 3.63. The summed E-state index contributed by atoms with van der Waals surface area (Å²) in [5.41, 5.74) is 1.49. The van der Waals surface area contributed by atoms with E-state index in [1.165, 1.54) is 7.11 Å². The van der Waals surface area contributed by atoms with Crippen molar-refractivity contribution in [2.24, 2.45) is 5.41 Å². The molecule has 0 radical (unpaired) electrons. The second-order valence-electron chi connectivity index (χ2n) is 9.28. The molecule has 1 aromatic rings. The highest BCUT2D eigenvalue weighted by molar-refractivity contribution is 7.80. The van der Waals surface area contributed by atoms with Gasteiger partial charge < -0.3 is 29.7 Å². The van der Waals surface area contributed by atoms with Crippen LogP contribution in [0.3, 0.4) is 0 Å². The summed E-state index contributed by atoms with van der Waals surface area (Å²) < 4.78 is 15.9. The van der Waals surface area contributed by atoms with Gasteiger partial charge in [-0.2, -0.15) is 0 Å². The molecular formula is C25H37N3O6S. The summed E-state index contributed by atoms with van der Waals surface area (Å²) in [4.78, 5) is 39.1. The number of benzene rings is 1. The fourth-order valence-corrected chi connectivity index (χ4v) is 3.94. The molecule has 10 heteroatoms. The number of nitrogens with one attached hydrogen (secondary N) is 2. The molecule has 2 rings (SSSR count). The zero-order valence-electron chi connectivity index (χ0n) is 21.3. The molecule has 1 aliphatic heterocycles. The van der Waals surface area contributed by atoms with E-state index in [1.807, 2.05) is 45.9 Å². The Hall–Kier alpha value is -2.72. The maximum atomic E-state index is 13.0. The van der Waals surface area contributed by atoms with Gasteiger partial charge in [-0.15, -0.1) is 0 Å². The molecule has 1 unspecified atom stereocenters. The van der Waals surface area contributed by atoms with Gasteiger partial charge in [0.25, 0.3) is 0 Å². The molecule has 0 saturated carbocycles. The van der Waals surface area contributed by atoms with E-state index in [1.54, 1.807) is 4.90 Å². The number of carbonyl (C=O) groups is 3. The predicted octanol–water partition coefficient (Wildman–Crippen LogP) is 2.27. The van der Waals surface area contributed by atoms with Gasteiger partial charge in [-0.05, 0) is 56.1 Å². The minimum Gasteiger partial charge on any atom is -0.493 e. The number of aryl methyl sites for hydroxylation is 2. The largest absolute Gasteiger partial charge is 0.493 e. The van der Waals surface area contributed by atoms with E-state index in [4.69, 9.17) is 26.4 Å². The van der Waals surface area contributed by atoms with Gasteiger partial charge in [0.2, 0.25) is 11.8 Å². The van der Waals surface area contributed by atoms with Crippen LogP contribution in [0.5, 0.6) is 5.75 Å². The molecule has 0 aliphatic carbocycles. The summed E-state index contributed by atoms with van der Waals surface area (Å²) in [6.45, 7) is 9.31. The zero-order chi connectivity index (χ0) is 26.0. The van der Waals surface area contributed by atoms with Crippen LogP contribution < -0.4 is 15.4 Å². The van der Waals surface area contributed by atoms with E-state index < -0.39 is 17.4 Å². The highest BCUT2D eigenvalue weighted by Crippen LogP contribution is 2.24. The molecule has 1 aliphatic rings. The lowest BCUT2D eigenvalue weighted by atomic mass is 9.87. The Morgan fingerprint density at radius 1 is 1.23 bits per heavy atom. The molecule has 2 amide bonds. The van der Waals surface area contributed by atoms with Crippen LogP contribution in [0.1, 0.15) is 44.2 Å². The maximum absolute atomic E-state index is 13.0. The van der Waals surface area contributed by atoms with Crippen LogP contribution in [0, 0.1) is 19.3 Å². The number of esters is 1. The van der Waals surface area contributed by atoms with Crippen molar-refractivity contribution in [3.05, 3.63) is 29.3 Å². The van der Waals surface area contributed by atoms with Crippen molar-refractivity contribution in [1.82, 2.24) is 15.5 Å². The highest BCUT2D eigenvalue weighted by Gasteiger charge is 2.36. The van der Waals surface area contributed by atoms with Gasteiger partial charge in [0.15, 0.2) is 5.11 Å².